The Morgan fingerprint density at radius 1 is 1.46 bits per heavy atom. The van der Waals surface area contributed by atoms with E-state index in [1.165, 1.54) is 18.9 Å². The summed E-state index contributed by atoms with van der Waals surface area (Å²) < 4.78 is 5.64. The normalized spacial score (nSPS) is 19.9. The van der Waals surface area contributed by atoms with Gasteiger partial charge in [0.05, 0.1) is 18.2 Å². The zero-order valence-electron chi connectivity index (χ0n) is 13.4. The van der Waals surface area contributed by atoms with Gasteiger partial charge in [0.25, 0.3) is 0 Å². The largest absolute Gasteiger partial charge is 0.479 e. The van der Waals surface area contributed by atoms with E-state index in [0.29, 0.717) is 5.69 Å². The molecule has 2 N–H and O–H groups in total. The highest BCUT2D eigenvalue weighted by molar-refractivity contribution is 9.10. The van der Waals surface area contributed by atoms with Gasteiger partial charge in [-0.2, -0.15) is 0 Å². The number of rotatable bonds is 6. The summed E-state index contributed by atoms with van der Waals surface area (Å²) in [5.74, 6) is -2.45. The number of hydrogen-bond donors (Lipinski definition) is 2. The van der Waals surface area contributed by atoms with E-state index in [0.717, 1.165) is 4.47 Å². The smallest absolute Gasteiger partial charge is 0.331 e. The minimum Gasteiger partial charge on any atom is -0.479 e. The Labute approximate surface area is 148 Å². The molecule has 1 aliphatic heterocycles. The van der Waals surface area contributed by atoms with E-state index in [1.807, 2.05) is 12.1 Å². The molecule has 0 saturated carbocycles. The topological polar surface area (TPSA) is 95.9 Å². The molecule has 2 rings (SSSR count). The third-order valence-electron chi connectivity index (χ3n) is 3.94. The summed E-state index contributed by atoms with van der Waals surface area (Å²) in [5, 5.41) is 11.8. The SMILES string of the molecule is COCC(C)(NC(=O)C1CC(=O)N(c2ccccc2Br)C1)C(=O)O. The van der Waals surface area contributed by atoms with E-state index in [-0.39, 0.29) is 25.5 Å². The zero-order chi connectivity index (χ0) is 17.9. The lowest BCUT2D eigenvalue weighted by atomic mass is 10.0. The monoisotopic (exact) mass is 398 g/mol. The summed E-state index contributed by atoms with van der Waals surface area (Å²) >= 11 is 3.39. The molecule has 2 unspecified atom stereocenters. The van der Waals surface area contributed by atoms with Gasteiger partial charge in [-0.3, -0.25) is 9.59 Å². The molecule has 2 amide bonds. The van der Waals surface area contributed by atoms with Crippen molar-refractivity contribution in [2.24, 2.45) is 5.92 Å². The maximum Gasteiger partial charge on any atom is 0.331 e. The molecule has 1 saturated heterocycles. The van der Waals surface area contributed by atoms with Gasteiger partial charge in [0.15, 0.2) is 5.54 Å². The van der Waals surface area contributed by atoms with Crippen molar-refractivity contribution in [3.63, 3.8) is 0 Å². The van der Waals surface area contributed by atoms with Gasteiger partial charge in [0.2, 0.25) is 11.8 Å². The van der Waals surface area contributed by atoms with Crippen LogP contribution in [0.1, 0.15) is 13.3 Å². The zero-order valence-corrected chi connectivity index (χ0v) is 15.0. The number of carboxylic acid groups (broad SMARTS) is 1. The number of carbonyl (C=O) groups is 3. The Hall–Kier alpha value is -1.93. The standard InChI is InChI=1S/C16H19BrN2O5/c1-16(9-24-2,15(22)23)18-14(21)10-7-13(20)19(8-10)12-6-4-3-5-11(12)17/h3-6,10H,7-9H2,1-2H3,(H,18,21)(H,22,23). The number of methoxy groups -OCH3 is 1. The number of nitrogens with one attached hydrogen (secondary N) is 1. The van der Waals surface area contributed by atoms with Gasteiger partial charge in [-0.05, 0) is 35.0 Å². The summed E-state index contributed by atoms with van der Waals surface area (Å²) in [4.78, 5) is 37.6. The van der Waals surface area contributed by atoms with Crippen LogP contribution in [0.2, 0.25) is 0 Å². The molecule has 0 spiro atoms. The molecule has 0 aromatic heterocycles. The molecule has 1 fully saturated rings. The fourth-order valence-electron chi connectivity index (χ4n) is 2.60. The van der Waals surface area contributed by atoms with Gasteiger partial charge in [0.1, 0.15) is 0 Å². The van der Waals surface area contributed by atoms with Gasteiger partial charge in [0, 0.05) is 24.5 Å². The maximum atomic E-state index is 12.4. The second kappa shape index (κ2) is 7.31. The van der Waals surface area contributed by atoms with Crippen LogP contribution in [0.25, 0.3) is 0 Å². The highest BCUT2D eigenvalue weighted by atomic mass is 79.9. The predicted octanol–water partition coefficient (Wildman–Crippen LogP) is 1.41. The number of carbonyl (C=O) groups excluding carboxylic acids is 2. The van der Waals surface area contributed by atoms with Crippen molar-refractivity contribution in [1.29, 1.82) is 0 Å². The molecule has 0 aliphatic carbocycles. The third-order valence-corrected chi connectivity index (χ3v) is 4.61. The average Bonchev–Trinajstić information content (AvgIpc) is 2.90. The Morgan fingerprint density at radius 3 is 2.71 bits per heavy atom. The third kappa shape index (κ3) is 3.76. The van der Waals surface area contributed by atoms with Crippen LogP contribution in [0, 0.1) is 5.92 Å². The first-order valence-corrected chi connectivity index (χ1v) is 8.17. The van der Waals surface area contributed by atoms with Gasteiger partial charge in [-0.15, -0.1) is 0 Å². The molecule has 24 heavy (non-hydrogen) atoms. The summed E-state index contributed by atoms with van der Waals surface area (Å²) in [6.07, 6.45) is 0.0375. The lowest BCUT2D eigenvalue weighted by molar-refractivity contribution is -0.149. The van der Waals surface area contributed by atoms with Crippen molar-refractivity contribution >= 4 is 39.4 Å². The number of ether oxygens (including phenoxy) is 1. The van der Waals surface area contributed by atoms with Gasteiger partial charge < -0.3 is 20.1 Å². The molecule has 130 valence electrons. The Morgan fingerprint density at radius 2 is 2.12 bits per heavy atom. The molecule has 1 aromatic rings. The van der Waals surface area contributed by atoms with E-state index in [1.54, 1.807) is 12.1 Å². The highest BCUT2D eigenvalue weighted by Gasteiger charge is 2.41. The van der Waals surface area contributed by atoms with Crippen LogP contribution < -0.4 is 10.2 Å². The van der Waals surface area contributed by atoms with Crippen LogP contribution in [0.15, 0.2) is 28.7 Å². The van der Waals surface area contributed by atoms with E-state index in [9.17, 15) is 19.5 Å². The van der Waals surface area contributed by atoms with E-state index in [2.05, 4.69) is 21.2 Å². The second-order valence-electron chi connectivity index (χ2n) is 5.92. The minimum absolute atomic E-state index is 0.0375. The van der Waals surface area contributed by atoms with Crippen molar-refractivity contribution in [3.8, 4) is 0 Å². The van der Waals surface area contributed by atoms with Crippen molar-refractivity contribution in [2.45, 2.75) is 18.9 Å². The number of carboxylic acids is 1. The number of benzene rings is 1. The van der Waals surface area contributed by atoms with E-state index >= 15 is 0 Å². The van der Waals surface area contributed by atoms with Crippen LogP contribution in [-0.2, 0) is 19.1 Å². The number of para-hydroxylation sites is 1. The first-order chi connectivity index (χ1) is 11.3. The molecule has 0 bridgehead atoms. The Balaban J connectivity index is 2.12. The Kier molecular flexibility index (Phi) is 5.61. The van der Waals surface area contributed by atoms with E-state index < -0.39 is 23.3 Å². The number of hydrogen-bond acceptors (Lipinski definition) is 4. The quantitative estimate of drug-likeness (QED) is 0.754. The van der Waals surface area contributed by atoms with Crippen LogP contribution in [0.4, 0.5) is 5.69 Å². The molecule has 7 nitrogen and oxygen atoms in total. The molecule has 1 aromatic carbocycles. The van der Waals surface area contributed by atoms with Crippen LogP contribution in [0.3, 0.4) is 0 Å². The predicted molar refractivity (Wildman–Crippen MR) is 90.7 cm³/mol. The number of amides is 2. The molecular formula is C16H19BrN2O5. The number of aliphatic carboxylic acids is 1. The molecule has 1 heterocycles. The average molecular weight is 399 g/mol. The number of nitrogens with zero attached hydrogens (tertiary/aromatic N) is 1. The molecule has 8 heteroatoms. The second-order valence-corrected chi connectivity index (χ2v) is 6.77. The summed E-state index contributed by atoms with van der Waals surface area (Å²) in [6, 6.07) is 7.24. The highest BCUT2D eigenvalue weighted by Crippen LogP contribution is 2.31. The molecular weight excluding hydrogens is 380 g/mol. The fraction of sp³-hybridized carbons (Fsp3) is 0.438. The number of anilines is 1. The van der Waals surface area contributed by atoms with Crippen LogP contribution >= 0.6 is 15.9 Å². The summed E-state index contributed by atoms with van der Waals surface area (Å²) in [5.41, 5.74) is -0.842. The van der Waals surface area contributed by atoms with Crippen molar-refractivity contribution in [2.75, 3.05) is 25.2 Å². The maximum absolute atomic E-state index is 12.4. The first-order valence-electron chi connectivity index (χ1n) is 7.37. The molecule has 1 aliphatic rings. The van der Waals surface area contributed by atoms with Gasteiger partial charge in [-0.25, -0.2) is 4.79 Å². The van der Waals surface area contributed by atoms with Crippen molar-refractivity contribution in [3.05, 3.63) is 28.7 Å². The van der Waals surface area contributed by atoms with Gasteiger partial charge in [-0.1, -0.05) is 12.1 Å². The number of halogens is 1. The summed E-state index contributed by atoms with van der Waals surface area (Å²) in [7, 11) is 1.36. The molecule has 0 radical (unpaired) electrons. The van der Waals surface area contributed by atoms with Crippen molar-refractivity contribution < 1.29 is 24.2 Å². The lowest BCUT2D eigenvalue weighted by Crippen LogP contribution is -2.56. The lowest BCUT2D eigenvalue weighted by Gasteiger charge is -2.26. The van der Waals surface area contributed by atoms with Gasteiger partial charge >= 0.3 is 5.97 Å². The van der Waals surface area contributed by atoms with Crippen LogP contribution in [-0.4, -0.2) is 48.7 Å². The van der Waals surface area contributed by atoms with E-state index in [4.69, 9.17) is 4.74 Å². The van der Waals surface area contributed by atoms with Crippen molar-refractivity contribution in [1.82, 2.24) is 5.32 Å². The minimum atomic E-state index is -1.53. The first kappa shape index (κ1) is 18.4. The Bertz CT molecular complexity index is 666. The summed E-state index contributed by atoms with van der Waals surface area (Å²) in [6.45, 7) is 1.41. The fourth-order valence-corrected chi connectivity index (χ4v) is 3.10. The van der Waals surface area contributed by atoms with Crippen LogP contribution in [0.5, 0.6) is 0 Å². The molecule has 2 atom stereocenters.